The second-order valence-electron chi connectivity index (χ2n) is 7.53. The molecule has 1 fully saturated rings. The molecular weight excluding hydrogens is 339 g/mol. The third-order valence-electron chi connectivity index (χ3n) is 5.33. The van der Waals surface area contributed by atoms with Gasteiger partial charge in [-0.3, -0.25) is 9.69 Å². The predicted octanol–water partition coefficient (Wildman–Crippen LogP) is 4.10. The van der Waals surface area contributed by atoms with Crippen molar-refractivity contribution in [3.05, 3.63) is 71.0 Å². The standard InChI is InChI=1S/C23H29FN2O/c1-18-6-4-7-19(16-18)8-5-13-25-23(27)20-11-14-26(15-12-20)17-21-9-2-3-10-22(21)24/h2-4,6-7,9-10,16,20H,5,8,11-15,17H2,1H3,(H,25,27). The first-order valence-electron chi connectivity index (χ1n) is 9.91. The van der Waals surface area contributed by atoms with Crippen LogP contribution in [0.2, 0.25) is 0 Å². The largest absolute Gasteiger partial charge is 0.356 e. The number of piperidine rings is 1. The van der Waals surface area contributed by atoms with Crippen LogP contribution >= 0.6 is 0 Å². The predicted molar refractivity (Wildman–Crippen MR) is 107 cm³/mol. The van der Waals surface area contributed by atoms with Gasteiger partial charge in [0.1, 0.15) is 5.82 Å². The molecule has 0 aliphatic carbocycles. The molecule has 1 N–H and O–H groups in total. The fraction of sp³-hybridized carbons (Fsp3) is 0.435. The Kier molecular flexibility index (Phi) is 6.99. The van der Waals surface area contributed by atoms with E-state index in [-0.39, 0.29) is 17.6 Å². The summed E-state index contributed by atoms with van der Waals surface area (Å²) in [6.45, 7) is 5.13. The Morgan fingerprint density at radius 1 is 1.15 bits per heavy atom. The molecule has 0 saturated carbocycles. The summed E-state index contributed by atoms with van der Waals surface area (Å²) >= 11 is 0. The molecule has 1 heterocycles. The summed E-state index contributed by atoms with van der Waals surface area (Å²) in [5.74, 6) is 0.108. The maximum absolute atomic E-state index is 13.8. The number of likely N-dealkylation sites (tertiary alicyclic amines) is 1. The van der Waals surface area contributed by atoms with E-state index in [0.29, 0.717) is 6.54 Å². The smallest absolute Gasteiger partial charge is 0.223 e. The van der Waals surface area contributed by atoms with E-state index in [1.807, 2.05) is 12.1 Å². The minimum atomic E-state index is -0.147. The van der Waals surface area contributed by atoms with E-state index >= 15 is 0 Å². The number of carbonyl (C=O) groups excluding carboxylic acids is 1. The molecule has 0 unspecified atom stereocenters. The van der Waals surface area contributed by atoms with E-state index in [0.717, 1.165) is 50.9 Å². The number of nitrogens with zero attached hydrogens (tertiary/aromatic N) is 1. The van der Waals surface area contributed by atoms with Gasteiger partial charge in [0, 0.05) is 24.6 Å². The molecule has 1 saturated heterocycles. The molecular formula is C23H29FN2O. The van der Waals surface area contributed by atoms with Crippen LogP contribution in [0.4, 0.5) is 4.39 Å². The van der Waals surface area contributed by atoms with Crippen LogP contribution in [-0.2, 0) is 17.8 Å². The van der Waals surface area contributed by atoms with Crippen LogP contribution in [-0.4, -0.2) is 30.4 Å². The summed E-state index contributed by atoms with van der Waals surface area (Å²) in [4.78, 5) is 14.6. The molecule has 1 amide bonds. The zero-order chi connectivity index (χ0) is 19.1. The molecule has 1 aliphatic heterocycles. The van der Waals surface area contributed by atoms with Crippen LogP contribution in [0.25, 0.3) is 0 Å². The first kappa shape index (κ1) is 19.6. The molecule has 0 atom stereocenters. The van der Waals surface area contributed by atoms with Gasteiger partial charge in [0.25, 0.3) is 0 Å². The molecule has 3 rings (SSSR count). The van der Waals surface area contributed by atoms with E-state index in [9.17, 15) is 9.18 Å². The van der Waals surface area contributed by atoms with Gasteiger partial charge < -0.3 is 5.32 Å². The van der Waals surface area contributed by atoms with E-state index in [2.05, 4.69) is 41.4 Å². The summed E-state index contributed by atoms with van der Waals surface area (Å²) in [5.41, 5.74) is 3.33. The minimum Gasteiger partial charge on any atom is -0.356 e. The highest BCUT2D eigenvalue weighted by Crippen LogP contribution is 2.20. The van der Waals surface area contributed by atoms with Crippen molar-refractivity contribution in [2.75, 3.05) is 19.6 Å². The number of halogens is 1. The molecule has 2 aromatic carbocycles. The topological polar surface area (TPSA) is 32.3 Å². The van der Waals surface area contributed by atoms with Crippen molar-refractivity contribution in [2.24, 2.45) is 5.92 Å². The third-order valence-corrected chi connectivity index (χ3v) is 5.33. The third kappa shape index (κ3) is 5.90. The Bertz CT molecular complexity index is 754. The Hall–Kier alpha value is -2.20. The quantitative estimate of drug-likeness (QED) is 0.747. The second kappa shape index (κ2) is 9.65. The molecule has 0 aromatic heterocycles. The lowest BCUT2D eigenvalue weighted by molar-refractivity contribution is -0.126. The molecule has 3 nitrogen and oxygen atoms in total. The van der Waals surface area contributed by atoms with Gasteiger partial charge in [-0.1, -0.05) is 48.0 Å². The molecule has 2 aromatic rings. The first-order valence-corrected chi connectivity index (χ1v) is 9.91. The zero-order valence-corrected chi connectivity index (χ0v) is 16.1. The van der Waals surface area contributed by atoms with Crippen molar-refractivity contribution in [3.63, 3.8) is 0 Å². The number of hydrogen-bond donors (Lipinski definition) is 1. The number of nitrogens with one attached hydrogen (secondary N) is 1. The van der Waals surface area contributed by atoms with Crippen LogP contribution in [0.5, 0.6) is 0 Å². The van der Waals surface area contributed by atoms with Crippen LogP contribution in [0, 0.1) is 18.7 Å². The first-order chi connectivity index (χ1) is 13.1. The molecule has 0 bridgehead atoms. The summed E-state index contributed by atoms with van der Waals surface area (Å²) in [5, 5.41) is 3.09. The molecule has 27 heavy (non-hydrogen) atoms. The number of benzene rings is 2. The van der Waals surface area contributed by atoms with Gasteiger partial charge in [-0.05, 0) is 57.3 Å². The Morgan fingerprint density at radius 3 is 2.67 bits per heavy atom. The van der Waals surface area contributed by atoms with Crippen molar-refractivity contribution >= 4 is 5.91 Å². The SMILES string of the molecule is Cc1cccc(CCCNC(=O)C2CCN(Cc3ccccc3F)CC2)c1. The molecule has 1 aliphatic rings. The second-order valence-corrected chi connectivity index (χ2v) is 7.53. The van der Waals surface area contributed by atoms with Crippen LogP contribution in [0.3, 0.4) is 0 Å². The Morgan fingerprint density at radius 2 is 1.93 bits per heavy atom. The lowest BCUT2D eigenvalue weighted by Crippen LogP contribution is -2.40. The Labute approximate surface area is 161 Å². The summed E-state index contributed by atoms with van der Waals surface area (Å²) in [7, 11) is 0. The zero-order valence-electron chi connectivity index (χ0n) is 16.1. The summed E-state index contributed by atoms with van der Waals surface area (Å²) in [6.07, 6.45) is 3.64. The lowest BCUT2D eigenvalue weighted by atomic mass is 9.95. The van der Waals surface area contributed by atoms with Gasteiger partial charge in [-0.2, -0.15) is 0 Å². The molecule has 4 heteroatoms. The fourth-order valence-electron chi connectivity index (χ4n) is 3.74. The Balaban J connectivity index is 1.35. The van der Waals surface area contributed by atoms with E-state index in [1.54, 1.807) is 6.07 Å². The van der Waals surface area contributed by atoms with Crippen molar-refractivity contribution in [1.29, 1.82) is 0 Å². The summed E-state index contributed by atoms with van der Waals surface area (Å²) < 4.78 is 13.8. The highest BCUT2D eigenvalue weighted by atomic mass is 19.1. The molecule has 144 valence electrons. The number of aryl methyl sites for hydroxylation is 2. The van der Waals surface area contributed by atoms with E-state index in [1.165, 1.54) is 17.2 Å². The monoisotopic (exact) mass is 368 g/mol. The minimum absolute atomic E-state index is 0.0841. The summed E-state index contributed by atoms with van der Waals surface area (Å²) in [6, 6.07) is 15.5. The van der Waals surface area contributed by atoms with Crippen molar-refractivity contribution < 1.29 is 9.18 Å². The maximum Gasteiger partial charge on any atom is 0.223 e. The van der Waals surface area contributed by atoms with Crippen LogP contribution < -0.4 is 5.32 Å². The number of hydrogen-bond acceptors (Lipinski definition) is 2. The van der Waals surface area contributed by atoms with Crippen LogP contribution in [0.15, 0.2) is 48.5 Å². The van der Waals surface area contributed by atoms with Gasteiger partial charge in [0.2, 0.25) is 5.91 Å². The van der Waals surface area contributed by atoms with E-state index in [4.69, 9.17) is 0 Å². The maximum atomic E-state index is 13.8. The normalized spacial score (nSPS) is 15.6. The van der Waals surface area contributed by atoms with Gasteiger partial charge in [-0.25, -0.2) is 4.39 Å². The van der Waals surface area contributed by atoms with Crippen molar-refractivity contribution in [1.82, 2.24) is 10.2 Å². The van der Waals surface area contributed by atoms with Gasteiger partial charge in [-0.15, -0.1) is 0 Å². The molecule has 0 spiro atoms. The highest BCUT2D eigenvalue weighted by molar-refractivity contribution is 5.78. The van der Waals surface area contributed by atoms with Crippen molar-refractivity contribution in [2.45, 2.75) is 39.2 Å². The fourth-order valence-corrected chi connectivity index (χ4v) is 3.74. The van der Waals surface area contributed by atoms with Crippen LogP contribution in [0.1, 0.15) is 36.0 Å². The lowest BCUT2D eigenvalue weighted by Gasteiger charge is -2.31. The van der Waals surface area contributed by atoms with E-state index < -0.39 is 0 Å². The number of amides is 1. The highest BCUT2D eigenvalue weighted by Gasteiger charge is 2.25. The average Bonchev–Trinajstić information content (AvgIpc) is 2.67. The van der Waals surface area contributed by atoms with Gasteiger partial charge in [0.15, 0.2) is 0 Å². The van der Waals surface area contributed by atoms with Crippen molar-refractivity contribution in [3.8, 4) is 0 Å². The number of rotatable bonds is 7. The van der Waals surface area contributed by atoms with Gasteiger partial charge >= 0.3 is 0 Å². The molecule has 0 radical (unpaired) electrons. The number of carbonyl (C=O) groups is 1. The van der Waals surface area contributed by atoms with Gasteiger partial charge in [0.05, 0.1) is 0 Å². The average molecular weight is 368 g/mol.